The molecule has 8 nitrogen and oxygen atoms in total. The number of piperidine rings is 1. The molecule has 2 saturated heterocycles. The topological polar surface area (TPSA) is 86.4 Å². The van der Waals surface area contributed by atoms with Crippen LogP contribution >= 0.6 is 0 Å². The van der Waals surface area contributed by atoms with Crippen LogP contribution in [0.1, 0.15) is 35.7 Å². The molecule has 1 amide bonds. The summed E-state index contributed by atoms with van der Waals surface area (Å²) in [4.78, 5) is 30.1. The maximum atomic E-state index is 13.0. The number of nitrogens with one attached hydrogen (secondary N) is 2. The summed E-state index contributed by atoms with van der Waals surface area (Å²) in [7, 11) is 0. The minimum absolute atomic E-state index is 0.0948. The van der Waals surface area contributed by atoms with Crippen LogP contribution in [-0.4, -0.2) is 65.2 Å². The molecule has 2 fully saturated rings. The summed E-state index contributed by atoms with van der Waals surface area (Å²) >= 11 is 0. The standard InChI is InChI=1S/C30H34N6O2/c1-21-4-3-11-35(18-21)19-22-5-2-6-24(16-22)30(37)33-25-9-7-23(8-10-25)27-17-26-28(34-27)31-20-32-29(26)36-12-14-38-15-13-36/h2,5-10,16-17,20-21H,3-4,11-15,18-19H2,1H3,(H,33,37)(H,31,32,34). The van der Waals surface area contributed by atoms with E-state index < -0.39 is 0 Å². The van der Waals surface area contributed by atoms with E-state index in [1.807, 2.05) is 42.5 Å². The van der Waals surface area contributed by atoms with E-state index in [-0.39, 0.29) is 5.91 Å². The number of carbonyl (C=O) groups excluding carboxylic acids is 1. The highest BCUT2D eigenvalue weighted by atomic mass is 16.5. The van der Waals surface area contributed by atoms with Crippen LogP contribution in [0.5, 0.6) is 0 Å². The first-order valence-electron chi connectivity index (χ1n) is 13.5. The Kier molecular flexibility index (Phi) is 7.07. The van der Waals surface area contributed by atoms with Gasteiger partial charge in [-0.05, 0) is 66.8 Å². The Hall–Kier alpha value is -3.75. The molecular formula is C30H34N6O2. The fourth-order valence-electron chi connectivity index (χ4n) is 5.55. The lowest BCUT2D eigenvalue weighted by Gasteiger charge is -2.30. The van der Waals surface area contributed by atoms with Gasteiger partial charge >= 0.3 is 0 Å². The van der Waals surface area contributed by atoms with E-state index in [0.717, 1.165) is 72.4 Å². The van der Waals surface area contributed by atoms with Crippen molar-refractivity contribution < 1.29 is 9.53 Å². The van der Waals surface area contributed by atoms with Crippen molar-refractivity contribution in [2.24, 2.45) is 5.92 Å². The lowest BCUT2D eigenvalue weighted by Crippen LogP contribution is -2.36. The number of hydrogen-bond acceptors (Lipinski definition) is 6. The van der Waals surface area contributed by atoms with Gasteiger partial charge in [-0.15, -0.1) is 0 Å². The van der Waals surface area contributed by atoms with Crippen molar-refractivity contribution in [3.05, 3.63) is 72.1 Å². The molecule has 2 aliphatic rings. The molecule has 0 bridgehead atoms. The first kappa shape index (κ1) is 24.6. The smallest absolute Gasteiger partial charge is 0.255 e. The number of aromatic amines is 1. The van der Waals surface area contributed by atoms with Crippen molar-refractivity contribution in [3.63, 3.8) is 0 Å². The van der Waals surface area contributed by atoms with Crippen molar-refractivity contribution >= 4 is 28.4 Å². The average Bonchev–Trinajstić information content (AvgIpc) is 3.39. The Labute approximate surface area is 223 Å². The van der Waals surface area contributed by atoms with Crippen molar-refractivity contribution in [2.45, 2.75) is 26.3 Å². The van der Waals surface area contributed by atoms with Crippen LogP contribution in [0, 0.1) is 5.92 Å². The number of hydrogen-bond donors (Lipinski definition) is 2. The van der Waals surface area contributed by atoms with E-state index in [0.29, 0.717) is 18.8 Å². The Morgan fingerprint density at radius 3 is 2.74 bits per heavy atom. The number of nitrogens with zero attached hydrogens (tertiary/aromatic N) is 4. The predicted molar refractivity (Wildman–Crippen MR) is 150 cm³/mol. The SMILES string of the molecule is CC1CCCN(Cc2cccc(C(=O)Nc3ccc(-c4cc5c(N6CCOCC6)ncnc5[nH]4)cc3)c2)C1. The van der Waals surface area contributed by atoms with Gasteiger partial charge in [-0.1, -0.05) is 31.2 Å². The molecule has 2 aromatic carbocycles. The van der Waals surface area contributed by atoms with Crippen LogP contribution in [0.15, 0.2) is 60.9 Å². The van der Waals surface area contributed by atoms with Crippen molar-refractivity contribution in [1.29, 1.82) is 0 Å². The second-order valence-electron chi connectivity index (χ2n) is 10.5. The van der Waals surface area contributed by atoms with Gasteiger partial charge in [0.25, 0.3) is 5.91 Å². The zero-order valence-corrected chi connectivity index (χ0v) is 21.8. The molecule has 8 heteroatoms. The molecule has 0 radical (unpaired) electrons. The summed E-state index contributed by atoms with van der Waals surface area (Å²) in [6, 6.07) is 18.0. The molecular weight excluding hydrogens is 476 g/mol. The number of fused-ring (bicyclic) bond motifs is 1. The summed E-state index contributed by atoms with van der Waals surface area (Å²) in [5.74, 6) is 1.58. The molecule has 196 valence electrons. The van der Waals surface area contributed by atoms with E-state index >= 15 is 0 Å². The van der Waals surface area contributed by atoms with Crippen LogP contribution in [-0.2, 0) is 11.3 Å². The number of H-pyrrole nitrogens is 1. The summed E-state index contributed by atoms with van der Waals surface area (Å²) in [5, 5.41) is 4.05. The van der Waals surface area contributed by atoms with Gasteiger partial charge < -0.3 is 19.9 Å². The largest absolute Gasteiger partial charge is 0.378 e. The van der Waals surface area contributed by atoms with Crippen LogP contribution in [0.25, 0.3) is 22.3 Å². The molecule has 4 heterocycles. The van der Waals surface area contributed by atoms with Crippen molar-refractivity contribution in [3.8, 4) is 11.3 Å². The van der Waals surface area contributed by atoms with Gasteiger partial charge in [0.15, 0.2) is 0 Å². The van der Waals surface area contributed by atoms with E-state index in [1.165, 1.54) is 18.4 Å². The van der Waals surface area contributed by atoms with Gasteiger partial charge in [0.2, 0.25) is 0 Å². The first-order chi connectivity index (χ1) is 18.6. The number of morpholine rings is 1. The number of amides is 1. The predicted octanol–water partition coefficient (Wildman–Crippen LogP) is 4.95. The number of rotatable bonds is 6. The summed E-state index contributed by atoms with van der Waals surface area (Å²) in [5.41, 5.74) is 5.42. The minimum Gasteiger partial charge on any atom is -0.378 e. The van der Waals surface area contributed by atoms with Crippen LogP contribution in [0.3, 0.4) is 0 Å². The molecule has 4 aromatic rings. The molecule has 0 aliphatic carbocycles. The molecule has 2 N–H and O–H groups in total. The molecule has 0 saturated carbocycles. The Bertz CT molecular complexity index is 1410. The van der Waals surface area contributed by atoms with Crippen LogP contribution in [0.2, 0.25) is 0 Å². The molecule has 6 rings (SSSR count). The van der Waals surface area contributed by atoms with Gasteiger partial charge in [-0.25, -0.2) is 9.97 Å². The van der Waals surface area contributed by atoms with E-state index in [9.17, 15) is 4.79 Å². The third-order valence-electron chi connectivity index (χ3n) is 7.51. The van der Waals surface area contributed by atoms with Crippen LogP contribution in [0.4, 0.5) is 11.5 Å². The van der Waals surface area contributed by atoms with Crippen molar-refractivity contribution in [1.82, 2.24) is 19.9 Å². The van der Waals surface area contributed by atoms with Crippen molar-refractivity contribution in [2.75, 3.05) is 49.6 Å². The second kappa shape index (κ2) is 10.9. The number of benzene rings is 2. The molecule has 2 aromatic heterocycles. The van der Waals surface area contributed by atoms with Gasteiger partial charge in [-0.3, -0.25) is 9.69 Å². The number of carbonyl (C=O) groups is 1. The minimum atomic E-state index is -0.0948. The maximum absolute atomic E-state index is 13.0. The molecule has 38 heavy (non-hydrogen) atoms. The summed E-state index contributed by atoms with van der Waals surface area (Å²) < 4.78 is 5.49. The molecule has 1 atom stereocenters. The van der Waals surface area contributed by atoms with E-state index in [4.69, 9.17) is 4.74 Å². The van der Waals surface area contributed by atoms with E-state index in [2.05, 4.69) is 49.1 Å². The lowest BCUT2D eigenvalue weighted by atomic mass is 9.99. The Balaban J connectivity index is 1.14. The van der Waals surface area contributed by atoms with E-state index in [1.54, 1.807) is 6.33 Å². The zero-order chi connectivity index (χ0) is 25.9. The Morgan fingerprint density at radius 1 is 1.08 bits per heavy atom. The fraction of sp³-hybridized carbons (Fsp3) is 0.367. The quantitative estimate of drug-likeness (QED) is 0.382. The lowest BCUT2D eigenvalue weighted by molar-refractivity contribution is 0.102. The number of anilines is 2. The number of likely N-dealkylation sites (tertiary alicyclic amines) is 1. The van der Waals surface area contributed by atoms with Crippen LogP contribution < -0.4 is 10.2 Å². The fourth-order valence-corrected chi connectivity index (χ4v) is 5.55. The second-order valence-corrected chi connectivity index (χ2v) is 10.5. The average molecular weight is 511 g/mol. The molecule has 0 spiro atoms. The zero-order valence-electron chi connectivity index (χ0n) is 21.8. The maximum Gasteiger partial charge on any atom is 0.255 e. The number of aromatic nitrogens is 3. The summed E-state index contributed by atoms with van der Waals surface area (Å²) in [6.45, 7) is 8.52. The first-order valence-corrected chi connectivity index (χ1v) is 13.5. The summed E-state index contributed by atoms with van der Waals surface area (Å²) in [6.07, 6.45) is 4.16. The highest BCUT2D eigenvalue weighted by Crippen LogP contribution is 2.30. The number of ether oxygens (including phenoxy) is 1. The molecule has 1 unspecified atom stereocenters. The van der Waals surface area contributed by atoms with Gasteiger partial charge in [0.05, 0.1) is 18.6 Å². The monoisotopic (exact) mass is 510 g/mol. The van der Waals surface area contributed by atoms with Gasteiger partial charge in [0.1, 0.15) is 17.8 Å². The van der Waals surface area contributed by atoms with Gasteiger partial charge in [-0.2, -0.15) is 0 Å². The highest BCUT2D eigenvalue weighted by molar-refractivity contribution is 6.04. The van der Waals surface area contributed by atoms with Gasteiger partial charge in [0, 0.05) is 43.1 Å². The Morgan fingerprint density at radius 2 is 1.92 bits per heavy atom. The molecule has 2 aliphatic heterocycles. The highest BCUT2D eigenvalue weighted by Gasteiger charge is 2.19. The third kappa shape index (κ3) is 5.42. The third-order valence-corrected chi connectivity index (χ3v) is 7.51. The normalized spacial score (nSPS) is 18.6.